The molecule has 168 valence electrons. The van der Waals surface area contributed by atoms with Crippen LogP contribution in [0.2, 0.25) is 0 Å². The van der Waals surface area contributed by atoms with Crippen LogP contribution in [0, 0.1) is 10.1 Å². The summed E-state index contributed by atoms with van der Waals surface area (Å²) in [5, 5.41) is 19.8. The zero-order chi connectivity index (χ0) is 23.5. The fourth-order valence-corrected chi connectivity index (χ4v) is 3.87. The van der Waals surface area contributed by atoms with E-state index in [1.165, 1.54) is 18.5 Å². The maximum Gasteiger partial charge on any atom is 0.293 e. The first-order valence-electron chi connectivity index (χ1n) is 10.6. The van der Waals surface area contributed by atoms with Gasteiger partial charge < -0.3 is 10.3 Å². The van der Waals surface area contributed by atoms with Gasteiger partial charge in [0.2, 0.25) is 0 Å². The monoisotopic (exact) mass is 452 g/mol. The molecule has 0 aliphatic carbocycles. The summed E-state index contributed by atoms with van der Waals surface area (Å²) >= 11 is 0. The number of H-pyrrole nitrogens is 1. The van der Waals surface area contributed by atoms with Gasteiger partial charge in [0.05, 0.1) is 34.4 Å². The Morgan fingerprint density at radius 1 is 1.03 bits per heavy atom. The Labute approximate surface area is 193 Å². The minimum Gasteiger partial charge on any atom is -0.375 e. The highest BCUT2D eigenvalue weighted by Gasteiger charge is 2.18. The average Bonchev–Trinajstić information content (AvgIpc) is 3.26. The Kier molecular flexibility index (Phi) is 5.57. The Morgan fingerprint density at radius 2 is 1.76 bits per heavy atom. The van der Waals surface area contributed by atoms with Crippen molar-refractivity contribution >= 4 is 22.3 Å². The predicted molar refractivity (Wildman–Crippen MR) is 130 cm³/mol. The van der Waals surface area contributed by atoms with Gasteiger partial charge in [-0.1, -0.05) is 60.7 Å². The number of rotatable bonds is 7. The SMILES string of the molecule is O=c1[nH]cnc2cc(NCc3cn(Cc4ccccc4)nc3-c3ccccc3)c([N+](=O)[O-])cc12. The summed E-state index contributed by atoms with van der Waals surface area (Å²) in [4.78, 5) is 29.8. The smallest absolute Gasteiger partial charge is 0.293 e. The molecule has 3 aromatic carbocycles. The quantitative estimate of drug-likeness (QED) is 0.280. The van der Waals surface area contributed by atoms with Crippen LogP contribution in [0.1, 0.15) is 11.1 Å². The van der Waals surface area contributed by atoms with Crippen LogP contribution in [0.3, 0.4) is 0 Å². The maximum absolute atomic E-state index is 12.0. The minimum atomic E-state index is -0.509. The van der Waals surface area contributed by atoms with Crippen molar-refractivity contribution in [2.24, 2.45) is 0 Å². The summed E-state index contributed by atoms with van der Waals surface area (Å²) in [5.41, 5.74) is 3.79. The van der Waals surface area contributed by atoms with Crippen LogP contribution >= 0.6 is 0 Å². The molecule has 0 radical (unpaired) electrons. The number of hydrogen-bond donors (Lipinski definition) is 2. The second-order valence-electron chi connectivity index (χ2n) is 7.78. The van der Waals surface area contributed by atoms with Crippen LogP contribution in [-0.4, -0.2) is 24.7 Å². The zero-order valence-electron chi connectivity index (χ0n) is 18.0. The van der Waals surface area contributed by atoms with Gasteiger partial charge in [-0.3, -0.25) is 19.6 Å². The largest absolute Gasteiger partial charge is 0.375 e. The first kappa shape index (κ1) is 21.1. The summed E-state index contributed by atoms with van der Waals surface area (Å²) in [6, 6.07) is 22.6. The van der Waals surface area contributed by atoms with Crippen LogP contribution in [0.15, 0.2) is 90.1 Å². The molecule has 0 atom stereocenters. The van der Waals surface area contributed by atoms with E-state index in [0.29, 0.717) is 18.6 Å². The number of aromatic nitrogens is 4. The van der Waals surface area contributed by atoms with Gasteiger partial charge in [0.1, 0.15) is 5.69 Å². The molecule has 2 aromatic heterocycles. The second-order valence-corrected chi connectivity index (χ2v) is 7.78. The fourth-order valence-electron chi connectivity index (χ4n) is 3.87. The van der Waals surface area contributed by atoms with Crippen molar-refractivity contribution in [2.45, 2.75) is 13.1 Å². The summed E-state index contributed by atoms with van der Waals surface area (Å²) < 4.78 is 1.87. The second kappa shape index (κ2) is 8.99. The van der Waals surface area contributed by atoms with Crippen LogP contribution < -0.4 is 10.9 Å². The fraction of sp³-hybridized carbons (Fsp3) is 0.0800. The molecule has 0 saturated carbocycles. The minimum absolute atomic E-state index is 0.167. The molecule has 5 rings (SSSR count). The molecule has 0 saturated heterocycles. The maximum atomic E-state index is 12.0. The molecule has 2 N–H and O–H groups in total. The van der Waals surface area contributed by atoms with Gasteiger partial charge in [-0.15, -0.1) is 0 Å². The average molecular weight is 452 g/mol. The topological polar surface area (TPSA) is 119 Å². The number of hydrogen-bond acceptors (Lipinski definition) is 6. The lowest BCUT2D eigenvalue weighted by Gasteiger charge is -2.08. The molecular weight excluding hydrogens is 432 g/mol. The molecule has 2 heterocycles. The van der Waals surface area contributed by atoms with E-state index in [0.717, 1.165) is 22.4 Å². The van der Waals surface area contributed by atoms with E-state index in [9.17, 15) is 14.9 Å². The predicted octanol–water partition coefficient (Wildman–Crippen LogP) is 4.36. The van der Waals surface area contributed by atoms with Crippen molar-refractivity contribution in [3.63, 3.8) is 0 Å². The third kappa shape index (κ3) is 4.26. The van der Waals surface area contributed by atoms with Crippen molar-refractivity contribution in [1.82, 2.24) is 19.7 Å². The highest BCUT2D eigenvalue weighted by molar-refractivity contribution is 5.86. The highest BCUT2D eigenvalue weighted by atomic mass is 16.6. The van der Waals surface area contributed by atoms with E-state index in [-0.39, 0.29) is 16.8 Å². The van der Waals surface area contributed by atoms with E-state index in [1.54, 1.807) is 0 Å². The van der Waals surface area contributed by atoms with Crippen molar-refractivity contribution in [1.29, 1.82) is 0 Å². The van der Waals surface area contributed by atoms with E-state index in [1.807, 2.05) is 71.5 Å². The molecule has 0 unspecified atom stereocenters. The molecule has 9 nitrogen and oxygen atoms in total. The summed E-state index contributed by atoms with van der Waals surface area (Å²) in [7, 11) is 0. The van der Waals surface area contributed by atoms with Crippen molar-refractivity contribution in [3.05, 3.63) is 117 Å². The standard InChI is InChI=1S/C25H20N6O3/c32-25-20-11-23(31(33)34)22(12-21(20)27-16-28-25)26-13-19-15-30(14-17-7-3-1-4-8-17)29-24(19)18-9-5-2-6-10-18/h1-12,15-16,26H,13-14H2,(H,27,28,32). The molecule has 0 aliphatic heterocycles. The van der Waals surface area contributed by atoms with Gasteiger partial charge in [0, 0.05) is 29.9 Å². The molecule has 0 spiro atoms. The van der Waals surface area contributed by atoms with Crippen molar-refractivity contribution < 1.29 is 4.92 Å². The number of nitrogens with one attached hydrogen (secondary N) is 2. The van der Waals surface area contributed by atoms with Gasteiger partial charge in [0.25, 0.3) is 11.2 Å². The molecule has 0 aliphatic rings. The lowest BCUT2D eigenvalue weighted by Crippen LogP contribution is -2.09. The van der Waals surface area contributed by atoms with Crippen LogP contribution in [0.25, 0.3) is 22.2 Å². The van der Waals surface area contributed by atoms with E-state index >= 15 is 0 Å². The van der Waals surface area contributed by atoms with Crippen molar-refractivity contribution in [3.8, 4) is 11.3 Å². The third-order valence-electron chi connectivity index (χ3n) is 5.50. The highest BCUT2D eigenvalue weighted by Crippen LogP contribution is 2.30. The summed E-state index contributed by atoms with van der Waals surface area (Å²) in [6.07, 6.45) is 3.22. The number of nitro benzene ring substituents is 1. The molecule has 0 amide bonds. The van der Waals surface area contributed by atoms with Crippen molar-refractivity contribution in [2.75, 3.05) is 5.32 Å². The first-order valence-corrected chi connectivity index (χ1v) is 10.6. The number of fused-ring (bicyclic) bond motifs is 1. The molecule has 5 aromatic rings. The third-order valence-corrected chi connectivity index (χ3v) is 5.50. The molecule has 0 bridgehead atoms. The van der Waals surface area contributed by atoms with Crippen LogP contribution in [0.5, 0.6) is 0 Å². The summed E-state index contributed by atoms with van der Waals surface area (Å²) in [6.45, 7) is 0.901. The first-order chi connectivity index (χ1) is 16.6. The number of benzene rings is 3. The van der Waals surface area contributed by atoms with E-state index in [2.05, 4.69) is 15.3 Å². The number of nitrogens with zero attached hydrogens (tertiary/aromatic N) is 4. The van der Waals surface area contributed by atoms with Crippen LogP contribution in [-0.2, 0) is 13.1 Å². The number of anilines is 1. The Morgan fingerprint density at radius 3 is 2.50 bits per heavy atom. The van der Waals surface area contributed by atoms with Gasteiger partial charge in [-0.05, 0) is 11.6 Å². The normalized spacial score (nSPS) is 10.9. The Bertz CT molecular complexity index is 1530. The van der Waals surface area contributed by atoms with Crippen LogP contribution in [0.4, 0.5) is 11.4 Å². The Balaban J connectivity index is 1.50. The molecule has 0 fully saturated rings. The lowest BCUT2D eigenvalue weighted by atomic mass is 10.1. The zero-order valence-corrected chi connectivity index (χ0v) is 18.0. The summed E-state index contributed by atoms with van der Waals surface area (Å²) in [5.74, 6) is 0. The lowest BCUT2D eigenvalue weighted by molar-refractivity contribution is -0.383. The number of nitro groups is 1. The van der Waals surface area contributed by atoms with E-state index < -0.39 is 10.5 Å². The van der Waals surface area contributed by atoms with E-state index in [4.69, 9.17) is 5.10 Å². The molecule has 9 heteroatoms. The van der Waals surface area contributed by atoms with Gasteiger partial charge in [-0.25, -0.2) is 4.98 Å². The molecule has 34 heavy (non-hydrogen) atoms. The Hall–Kier alpha value is -4.79. The van der Waals surface area contributed by atoms with Gasteiger partial charge in [-0.2, -0.15) is 5.10 Å². The number of aromatic amines is 1. The molecular formula is C25H20N6O3. The van der Waals surface area contributed by atoms with Gasteiger partial charge >= 0.3 is 0 Å². The van der Waals surface area contributed by atoms with Gasteiger partial charge in [0.15, 0.2) is 0 Å².